The van der Waals surface area contributed by atoms with E-state index >= 15 is 0 Å². The Kier molecular flexibility index (Phi) is 4.80. The lowest BCUT2D eigenvalue weighted by molar-refractivity contribution is 1.09. The molecular formula is C7H8Cl2IN3. The van der Waals surface area contributed by atoms with Crippen LogP contribution in [0.25, 0.3) is 10.9 Å². The molecule has 0 amide bonds. The molecule has 0 spiro atoms. The van der Waals surface area contributed by atoms with Gasteiger partial charge in [0.15, 0.2) is 0 Å². The number of nitrogens with one attached hydrogen (secondary N) is 1. The first-order valence-electron chi connectivity index (χ1n) is 3.17. The number of hydrogen-bond donors (Lipinski definition) is 2. The number of halogens is 3. The van der Waals surface area contributed by atoms with Gasteiger partial charge in [-0.1, -0.05) is 6.07 Å². The fraction of sp³-hybridized carbons (Fsp3) is 0. The molecule has 2 rings (SSSR count). The number of H-pyrrole nitrogens is 1. The van der Waals surface area contributed by atoms with E-state index in [1.165, 1.54) is 0 Å². The summed E-state index contributed by atoms with van der Waals surface area (Å²) in [4.78, 5) is 0. The Bertz CT molecular complexity index is 402. The lowest BCUT2D eigenvalue weighted by Crippen LogP contribution is -1.84. The van der Waals surface area contributed by atoms with Crippen molar-refractivity contribution in [2.24, 2.45) is 0 Å². The van der Waals surface area contributed by atoms with Crippen LogP contribution in [0.2, 0.25) is 0 Å². The number of nitrogens with zero attached hydrogens (tertiary/aromatic N) is 1. The summed E-state index contributed by atoms with van der Waals surface area (Å²) in [7, 11) is 0. The van der Waals surface area contributed by atoms with Crippen molar-refractivity contribution in [1.82, 2.24) is 10.2 Å². The summed E-state index contributed by atoms with van der Waals surface area (Å²) in [5, 5.41) is 8.02. The Morgan fingerprint density at radius 2 is 2.00 bits per heavy atom. The summed E-state index contributed by atoms with van der Waals surface area (Å²) < 4.78 is 1.03. The van der Waals surface area contributed by atoms with Crippen molar-refractivity contribution in [1.29, 1.82) is 0 Å². The molecule has 13 heavy (non-hydrogen) atoms. The van der Waals surface area contributed by atoms with E-state index in [4.69, 9.17) is 5.73 Å². The topological polar surface area (TPSA) is 54.7 Å². The predicted octanol–water partition coefficient (Wildman–Crippen LogP) is 2.59. The van der Waals surface area contributed by atoms with Crippen molar-refractivity contribution in [2.75, 3.05) is 5.73 Å². The molecule has 6 heteroatoms. The fourth-order valence-electron chi connectivity index (χ4n) is 1.03. The smallest absolute Gasteiger partial charge is 0.116 e. The van der Waals surface area contributed by atoms with E-state index in [0.29, 0.717) is 0 Å². The molecule has 0 saturated heterocycles. The first-order chi connectivity index (χ1) is 5.29. The maximum atomic E-state index is 5.68. The van der Waals surface area contributed by atoms with Gasteiger partial charge in [-0.2, -0.15) is 5.10 Å². The second-order valence-electron chi connectivity index (χ2n) is 2.28. The highest BCUT2D eigenvalue weighted by atomic mass is 127. The zero-order chi connectivity index (χ0) is 7.84. The zero-order valence-corrected chi connectivity index (χ0v) is 10.2. The van der Waals surface area contributed by atoms with Crippen molar-refractivity contribution in [2.45, 2.75) is 0 Å². The second kappa shape index (κ2) is 4.88. The van der Waals surface area contributed by atoms with E-state index in [1.54, 1.807) is 0 Å². The molecule has 1 aromatic heterocycles. The molecule has 3 nitrogen and oxygen atoms in total. The number of nitrogen functional groups attached to an aromatic ring is 1. The molecule has 0 aliphatic carbocycles. The Balaban J connectivity index is 0.000000720. The molecule has 3 N–H and O–H groups in total. The van der Waals surface area contributed by atoms with Gasteiger partial charge in [0.2, 0.25) is 0 Å². The molecule has 0 atom stereocenters. The molecule has 0 bridgehead atoms. The normalized spacial score (nSPS) is 9.00. The predicted molar refractivity (Wildman–Crippen MR) is 67.7 cm³/mol. The van der Waals surface area contributed by atoms with Crippen molar-refractivity contribution in [3.05, 3.63) is 21.9 Å². The molecule has 72 valence electrons. The van der Waals surface area contributed by atoms with Crippen LogP contribution in [0.1, 0.15) is 0 Å². The van der Waals surface area contributed by atoms with E-state index in [2.05, 4.69) is 32.8 Å². The number of anilines is 1. The highest BCUT2D eigenvalue weighted by molar-refractivity contribution is 14.1. The zero-order valence-electron chi connectivity index (χ0n) is 6.45. The molecule has 1 heterocycles. The molecular weight excluding hydrogens is 324 g/mol. The first kappa shape index (κ1) is 12.8. The molecule has 0 radical (unpaired) electrons. The molecule has 2 aromatic rings. The summed E-state index contributed by atoms with van der Waals surface area (Å²) in [5.41, 5.74) is 7.27. The van der Waals surface area contributed by atoms with Gasteiger partial charge in [-0.25, -0.2) is 0 Å². The average Bonchev–Trinajstić information content (AvgIpc) is 2.35. The van der Waals surface area contributed by atoms with Crippen LogP contribution < -0.4 is 5.73 Å². The number of benzene rings is 1. The fourth-order valence-corrected chi connectivity index (χ4v) is 1.58. The minimum Gasteiger partial charge on any atom is -0.397 e. The monoisotopic (exact) mass is 331 g/mol. The standard InChI is InChI=1S/C7H6IN3.2ClH/c8-7-4-2-1-3-5(9)6(4)10-11-7;;/h1-3H,9H2,(H,10,11);2*1H. The van der Waals surface area contributed by atoms with Crippen molar-refractivity contribution < 1.29 is 0 Å². The minimum atomic E-state index is 0. The Morgan fingerprint density at radius 3 is 2.62 bits per heavy atom. The number of nitrogens with two attached hydrogens (primary N) is 1. The molecule has 1 aromatic carbocycles. The quantitative estimate of drug-likeness (QED) is 0.576. The third-order valence-electron chi connectivity index (χ3n) is 1.57. The second-order valence-corrected chi connectivity index (χ2v) is 3.36. The minimum absolute atomic E-state index is 0. The van der Waals surface area contributed by atoms with Gasteiger partial charge >= 0.3 is 0 Å². The van der Waals surface area contributed by atoms with E-state index < -0.39 is 0 Å². The molecule has 0 aliphatic rings. The van der Waals surface area contributed by atoms with Crippen LogP contribution in [0, 0.1) is 3.70 Å². The van der Waals surface area contributed by atoms with Gasteiger partial charge in [0.1, 0.15) is 9.22 Å². The van der Waals surface area contributed by atoms with Crippen LogP contribution in [0.15, 0.2) is 18.2 Å². The first-order valence-corrected chi connectivity index (χ1v) is 4.25. The van der Waals surface area contributed by atoms with Crippen LogP contribution in [0.5, 0.6) is 0 Å². The van der Waals surface area contributed by atoms with Gasteiger partial charge in [0, 0.05) is 5.39 Å². The third kappa shape index (κ3) is 2.18. The van der Waals surface area contributed by atoms with E-state index in [9.17, 15) is 0 Å². The summed E-state index contributed by atoms with van der Waals surface area (Å²) in [5.74, 6) is 0. The Hall–Kier alpha value is -0.200. The lowest BCUT2D eigenvalue weighted by Gasteiger charge is -1.91. The largest absolute Gasteiger partial charge is 0.397 e. The van der Waals surface area contributed by atoms with Crippen molar-refractivity contribution in [3.63, 3.8) is 0 Å². The maximum absolute atomic E-state index is 5.68. The van der Waals surface area contributed by atoms with E-state index in [0.717, 1.165) is 20.3 Å². The number of para-hydroxylation sites is 1. The van der Waals surface area contributed by atoms with Gasteiger partial charge in [0.25, 0.3) is 0 Å². The van der Waals surface area contributed by atoms with Crippen LogP contribution in [0.4, 0.5) is 5.69 Å². The van der Waals surface area contributed by atoms with Gasteiger partial charge in [0.05, 0.1) is 5.69 Å². The summed E-state index contributed by atoms with van der Waals surface area (Å²) in [6, 6.07) is 5.77. The number of aromatic nitrogens is 2. The Morgan fingerprint density at radius 1 is 1.31 bits per heavy atom. The van der Waals surface area contributed by atoms with Crippen LogP contribution in [-0.2, 0) is 0 Å². The van der Waals surface area contributed by atoms with E-state index in [-0.39, 0.29) is 24.8 Å². The summed E-state index contributed by atoms with van der Waals surface area (Å²) in [6.45, 7) is 0. The van der Waals surface area contributed by atoms with Gasteiger partial charge in [-0.15, -0.1) is 24.8 Å². The SMILES string of the molecule is Cl.Cl.Nc1cccc2c(I)[nH]nc12. The summed E-state index contributed by atoms with van der Waals surface area (Å²) in [6.07, 6.45) is 0. The number of aromatic amines is 1. The maximum Gasteiger partial charge on any atom is 0.116 e. The highest BCUT2D eigenvalue weighted by Crippen LogP contribution is 2.21. The van der Waals surface area contributed by atoms with Gasteiger partial charge in [-0.05, 0) is 34.7 Å². The molecule has 0 fully saturated rings. The van der Waals surface area contributed by atoms with Gasteiger partial charge < -0.3 is 5.73 Å². The van der Waals surface area contributed by atoms with Crippen molar-refractivity contribution >= 4 is 64.0 Å². The lowest BCUT2D eigenvalue weighted by atomic mass is 10.2. The highest BCUT2D eigenvalue weighted by Gasteiger charge is 2.02. The van der Waals surface area contributed by atoms with Gasteiger partial charge in [-0.3, -0.25) is 5.10 Å². The molecule has 0 aliphatic heterocycles. The third-order valence-corrected chi connectivity index (χ3v) is 2.39. The molecule has 0 unspecified atom stereocenters. The Labute approximate surface area is 101 Å². The van der Waals surface area contributed by atoms with Crippen LogP contribution in [0.3, 0.4) is 0 Å². The molecule has 0 saturated carbocycles. The van der Waals surface area contributed by atoms with Crippen molar-refractivity contribution in [3.8, 4) is 0 Å². The van der Waals surface area contributed by atoms with Crippen LogP contribution in [-0.4, -0.2) is 10.2 Å². The van der Waals surface area contributed by atoms with Crippen LogP contribution >= 0.6 is 47.4 Å². The van der Waals surface area contributed by atoms with E-state index in [1.807, 2.05) is 18.2 Å². The number of rotatable bonds is 0. The number of fused-ring (bicyclic) bond motifs is 1. The average molecular weight is 332 g/mol. The number of hydrogen-bond acceptors (Lipinski definition) is 2. The summed E-state index contributed by atoms with van der Waals surface area (Å²) >= 11 is 2.20.